The van der Waals surface area contributed by atoms with E-state index in [0.717, 1.165) is 22.3 Å². The van der Waals surface area contributed by atoms with Crippen LogP contribution in [-0.4, -0.2) is 29.1 Å². The first kappa shape index (κ1) is 14.3. The maximum atomic E-state index is 11.1. The summed E-state index contributed by atoms with van der Waals surface area (Å²) in [6, 6.07) is 9.82. The Hall–Kier alpha value is -2.10. The first-order chi connectivity index (χ1) is 9.47. The molecule has 20 heavy (non-hydrogen) atoms. The molecule has 1 heterocycles. The Labute approximate surface area is 119 Å². The standard InChI is InChI=1S/C16H20N2O2/c1-11(2)9-18(10-16(19)20)15-8-12(3)17-14-7-5-4-6-13(14)15/h4-8,11H,9-10H2,1-3H3,(H,19,20). The summed E-state index contributed by atoms with van der Waals surface area (Å²) >= 11 is 0. The fraction of sp³-hybridized carbons (Fsp3) is 0.375. The van der Waals surface area contributed by atoms with Crippen LogP contribution in [0.1, 0.15) is 19.5 Å². The fourth-order valence-corrected chi connectivity index (χ4v) is 2.40. The minimum Gasteiger partial charge on any atom is -0.480 e. The second kappa shape index (κ2) is 5.90. The van der Waals surface area contributed by atoms with Gasteiger partial charge in [0.05, 0.1) is 5.52 Å². The molecule has 0 bridgehead atoms. The summed E-state index contributed by atoms with van der Waals surface area (Å²) in [6.45, 7) is 6.83. The molecular formula is C16H20N2O2. The molecule has 0 saturated heterocycles. The number of hydrogen-bond donors (Lipinski definition) is 1. The fourth-order valence-electron chi connectivity index (χ4n) is 2.40. The highest BCUT2D eigenvalue weighted by atomic mass is 16.4. The van der Waals surface area contributed by atoms with E-state index in [1.54, 1.807) is 0 Å². The maximum absolute atomic E-state index is 11.1. The van der Waals surface area contributed by atoms with E-state index in [1.807, 2.05) is 42.2 Å². The first-order valence-corrected chi connectivity index (χ1v) is 6.80. The zero-order valence-electron chi connectivity index (χ0n) is 12.1. The second-order valence-corrected chi connectivity index (χ2v) is 5.47. The van der Waals surface area contributed by atoms with Crippen LogP contribution < -0.4 is 4.90 Å². The Morgan fingerprint density at radius 1 is 1.35 bits per heavy atom. The van der Waals surface area contributed by atoms with Crippen LogP contribution in [0.3, 0.4) is 0 Å². The SMILES string of the molecule is Cc1cc(N(CC(=O)O)CC(C)C)c2ccccc2n1. The molecule has 0 radical (unpaired) electrons. The van der Waals surface area contributed by atoms with Crippen molar-refractivity contribution in [2.24, 2.45) is 5.92 Å². The zero-order valence-corrected chi connectivity index (χ0v) is 12.1. The number of anilines is 1. The Kier molecular flexibility index (Phi) is 4.23. The molecule has 2 rings (SSSR count). The molecule has 4 nitrogen and oxygen atoms in total. The van der Waals surface area contributed by atoms with Gasteiger partial charge in [0.25, 0.3) is 0 Å². The molecule has 0 aliphatic rings. The predicted molar refractivity (Wildman–Crippen MR) is 81.2 cm³/mol. The molecule has 0 atom stereocenters. The van der Waals surface area contributed by atoms with Crippen molar-refractivity contribution >= 4 is 22.6 Å². The minimum absolute atomic E-state index is 0.00558. The van der Waals surface area contributed by atoms with Crippen LogP contribution in [0.5, 0.6) is 0 Å². The smallest absolute Gasteiger partial charge is 0.323 e. The van der Waals surface area contributed by atoms with E-state index in [2.05, 4.69) is 18.8 Å². The molecule has 0 unspecified atom stereocenters. The van der Waals surface area contributed by atoms with Gasteiger partial charge in [0.2, 0.25) is 0 Å². The summed E-state index contributed by atoms with van der Waals surface area (Å²) in [5, 5.41) is 10.1. The molecule has 1 aromatic heterocycles. The molecule has 0 aliphatic heterocycles. The van der Waals surface area contributed by atoms with Gasteiger partial charge in [-0.3, -0.25) is 9.78 Å². The summed E-state index contributed by atoms with van der Waals surface area (Å²) in [7, 11) is 0. The van der Waals surface area contributed by atoms with E-state index in [-0.39, 0.29) is 6.54 Å². The van der Waals surface area contributed by atoms with E-state index in [9.17, 15) is 4.79 Å². The number of pyridine rings is 1. The number of nitrogens with zero attached hydrogens (tertiary/aromatic N) is 2. The number of hydrogen-bond acceptors (Lipinski definition) is 3. The van der Waals surface area contributed by atoms with E-state index in [0.29, 0.717) is 12.5 Å². The van der Waals surface area contributed by atoms with Gasteiger partial charge in [0.15, 0.2) is 0 Å². The summed E-state index contributed by atoms with van der Waals surface area (Å²) in [5.41, 5.74) is 2.75. The third-order valence-electron chi connectivity index (χ3n) is 3.07. The van der Waals surface area contributed by atoms with Crippen molar-refractivity contribution in [3.8, 4) is 0 Å². The Balaban J connectivity index is 2.53. The van der Waals surface area contributed by atoms with E-state index >= 15 is 0 Å². The topological polar surface area (TPSA) is 53.4 Å². The van der Waals surface area contributed by atoms with Gasteiger partial charge in [-0.15, -0.1) is 0 Å². The molecule has 1 N–H and O–H groups in total. The molecule has 0 fully saturated rings. The molecule has 0 aliphatic carbocycles. The van der Waals surface area contributed by atoms with Gasteiger partial charge >= 0.3 is 5.97 Å². The highest BCUT2D eigenvalue weighted by Gasteiger charge is 2.15. The Morgan fingerprint density at radius 3 is 2.70 bits per heavy atom. The largest absolute Gasteiger partial charge is 0.480 e. The summed E-state index contributed by atoms with van der Waals surface area (Å²) < 4.78 is 0. The number of carboxylic acid groups (broad SMARTS) is 1. The third kappa shape index (κ3) is 3.26. The molecule has 0 saturated carbocycles. The van der Waals surface area contributed by atoms with E-state index in [4.69, 9.17) is 5.11 Å². The average Bonchev–Trinajstić information content (AvgIpc) is 2.35. The molecule has 0 amide bonds. The van der Waals surface area contributed by atoms with Crippen molar-refractivity contribution in [3.05, 3.63) is 36.0 Å². The van der Waals surface area contributed by atoms with Gasteiger partial charge in [-0.05, 0) is 25.0 Å². The van der Waals surface area contributed by atoms with Crippen molar-refractivity contribution in [3.63, 3.8) is 0 Å². The van der Waals surface area contributed by atoms with Crippen molar-refractivity contribution in [1.29, 1.82) is 0 Å². The molecule has 0 spiro atoms. The van der Waals surface area contributed by atoms with E-state index in [1.165, 1.54) is 0 Å². The van der Waals surface area contributed by atoms with Crippen LogP contribution in [0, 0.1) is 12.8 Å². The lowest BCUT2D eigenvalue weighted by molar-refractivity contribution is -0.135. The highest BCUT2D eigenvalue weighted by Crippen LogP contribution is 2.27. The van der Waals surface area contributed by atoms with Crippen molar-refractivity contribution in [2.75, 3.05) is 18.0 Å². The number of rotatable bonds is 5. The quantitative estimate of drug-likeness (QED) is 0.908. The monoisotopic (exact) mass is 272 g/mol. The Morgan fingerprint density at radius 2 is 2.05 bits per heavy atom. The van der Waals surface area contributed by atoms with Crippen LogP contribution in [0.25, 0.3) is 10.9 Å². The minimum atomic E-state index is -0.816. The maximum Gasteiger partial charge on any atom is 0.323 e. The van der Waals surface area contributed by atoms with Crippen LogP contribution in [-0.2, 0) is 4.79 Å². The summed E-state index contributed by atoms with van der Waals surface area (Å²) in [6.07, 6.45) is 0. The average molecular weight is 272 g/mol. The van der Waals surface area contributed by atoms with Gasteiger partial charge in [-0.1, -0.05) is 32.0 Å². The molecule has 1 aromatic carbocycles. The van der Waals surface area contributed by atoms with Gasteiger partial charge < -0.3 is 10.0 Å². The zero-order chi connectivity index (χ0) is 14.7. The highest BCUT2D eigenvalue weighted by molar-refractivity contribution is 5.93. The Bertz CT molecular complexity index is 623. The number of carboxylic acids is 1. The van der Waals surface area contributed by atoms with Crippen molar-refractivity contribution in [1.82, 2.24) is 4.98 Å². The first-order valence-electron chi connectivity index (χ1n) is 6.80. The second-order valence-electron chi connectivity index (χ2n) is 5.47. The molecular weight excluding hydrogens is 252 g/mol. The molecule has 106 valence electrons. The van der Waals surface area contributed by atoms with Crippen LogP contribution in [0.15, 0.2) is 30.3 Å². The summed E-state index contributed by atoms with van der Waals surface area (Å²) in [4.78, 5) is 17.6. The lowest BCUT2D eigenvalue weighted by Gasteiger charge is -2.26. The van der Waals surface area contributed by atoms with Crippen LogP contribution >= 0.6 is 0 Å². The number of aromatic nitrogens is 1. The van der Waals surface area contributed by atoms with Gasteiger partial charge in [0, 0.05) is 23.3 Å². The molecule has 4 heteroatoms. The van der Waals surface area contributed by atoms with Crippen LogP contribution in [0.4, 0.5) is 5.69 Å². The lowest BCUT2D eigenvalue weighted by atomic mass is 10.1. The van der Waals surface area contributed by atoms with Crippen molar-refractivity contribution < 1.29 is 9.90 Å². The molecule has 2 aromatic rings. The normalized spacial score (nSPS) is 11.0. The number of carbonyl (C=O) groups is 1. The number of benzene rings is 1. The van der Waals surface area contributed by atoms with Crippen molar-refractivity contribution in [2.45, 2.75) is 20.8 Å². The number of fused-ring (bicyclic) bond motifs is 1. The van der Waals surface area contributed by atoms with Gasteiger partial charge in [-0.25, -0.2) is 0 Å². The summed E-state index contributed by atoms with van der Waals surface area (Å²) in [5.74, 6) is -0.425. The van der Waals surface area contributed by atoms with Crippen LogP contribution in [0.2, 0.25) is 0 Å². The lowest BCUT2D eigenvalue weighted by Crippen LogP contribution is -2.33. The predicted octanol–water partition coefficient (Wildman–Crippen LogP) is 3.09. The van der Waals surface area contributed by atoms with Gasteiger partial charge in [0.1, 0.15) is 6.54 Å². The van der Waals surface area contributed by atoms with E-state index < -0.39 is 5.97 Å². The number of aryl methyl sites for hydroxylation is 1. The number of para-hydroxylation sites is 1. The van der Waals surface area contributed by atoms with Gasteiger partial charge in [-0.2, -0.15) is 0 Å². The number of aliphatic carboxylic acids is 1. The third-order valence-corrected chi connectivity index (χ3v) is 3.07.